The minimum Gasteiger partial charge on any atom is -0.468 e. The van der Waals surface area contributed by atoms with E-state index >= 15 is 0 Å². The highest BCUT2D eigenvalue weighted by Gasteiger charge is 2.38. The lowest BCUT2D eigenvalue weighted by molar-refractivity contribution is -0.159. The van der Waals surface area contributed by atoms with Gasteiger partial charge in [0.05, 0.1) is 7.11 Å². The molecule has 1 aromatic carbocycles. The summed E-state index contributed by atoms with van der Waals surface area (Å²) in [5, 5.41) is 3.12. The van der Waals surface area contributed by atoms with E-state index in [0.717, 1.165) is 19.2 Å². The molecular formula is C13H11F4N3O5S. The predicted octanol–water partition coefficient (Wildman–Crippen LogP) is 1.49. The van der Waals surface area contributed by atoms with Crippen molar-refractivity contribution >= 4 is 16.0 Å². The molecule has 0 atom stereocenters. The number of methoxy groups -OCH3 is 1. The van der Waals surface area contributed by atoms with E-state index in [1.54, 1.807) is 0 Å². The van der Waals surface area contributed by atoms with Crippen molar-refractivity contribution in [2.45, 2.75) is 12.7 Å². The van der Waals surface area contributed by atoms with Crippen molar-refractivity contribution in [3.05, 3.63) is 35.5 Å². The molecule has 1 N–H and O–H groups in total. The standard InChI is InChI=1S/C13H11F4N3O5S/c1-24-10(21)6-26(22,23)18-5-8-3-2-7(4-9(8)14)11-19-12(25-20-11)13(15,16)17/h2-4,18H,5-6H2,1H3. The fourth-order valence-corrected chi connectivity index (χ4v) is 2.64. The van der Waals surface area contributed by atoms with Gasteiger partial charge in [0.1, 0.15) is 5.82 Å². The van der Waals surface area contributed by atoms with Crippen LogP contribution in [0.2, 0.25) is 0 Å². The first kappa shape index (κ1) is 19.8. The molecule has 13 heteroatoms. The molecule has 8 nitrogen and oxygen atoms in total. The van der Waals surface area contributed by atoms with Gasteiger partial charge in [-0.15, -0.1) is 0 Å². The van der Waals surface area contributed by atoms with Crippen molar-refractivity contribution in [3.8, 4) is 11.4 Å². The number of esters is 1. The van der Waals surface area contributed by atoms with Gasteiger partial charge in [-0.3, -0.25) is 4.79 Å². The molecule has 0 fully saturated rings. The molecule has 2 aromatic rings. The number of aromatic nitrogens is 2. The van der Waals surface area contributed by atoms with Crippen LogP contribution >= 0.6 is 0 Å². The third-order valence-corrected chi connectivity index (χ3v) is 4.20. The molecule has 0 amide bonds. The maximum Gasteiger partial charge on any atom is 0.471 e. The summed E-state index contributed by atoms with van der Waals surface area (Å²) >= 11 is 0. The summed E-state index contributed by atoms with van der Waals surface area (Å²) in [7, 11) is -3.03. The molecule has 0 saturated heterocycles. The Balaban J connectivity index is 2.12. The molecule has 0 saturated carbocycles. The molecular weight excluding hydrogens is 386 g/mol. The zero-order valence-electron chi connectivity index (χ0n) is 13.0. The number of hydrogen-bond acceptors (Lipinski definition) is 7. The van der Waals surface area contributed by atoms with Crippen molar-refractivity contribution in [1.29, 1.82) is 0 Å². The summed E-state index contributed by atoms with van der Waals surface area (Å²) in [5.74, 6) is -4.90. The molecule has 1 aromatic heterocycles. The average Bonchev–Trinajstić information content (AvgIpc) is 3.03. The molecule has 0 unspecified atom stereocenters. The lowest BCUT2D eigenvalue weighted by Crippen LogP contribution is -2.30. The summed E-state index contributed by atoms with van der Waals surface area (Å²) in [4.78, 5) is 14.1. The van der Waals surface area contributed by atoms with E-state index < -0.39 is 52.0 Å². The average molecular weight is 397 g/mol. The van der Waals surface area contributed by atoms with Gasteiger partial charge in [0, 0.05) is 17.7 Å². The highest BCUT2D eigenvalue weighted by Crippen LogP contribution is 2.29. The fraction of sp³-hybridized carbons (Fsp3) is 0.308. The number of carbonyl (C=O) groups is 1. The zero-order valence-corrected chi connectivity index (χ0v) is 13.8. The van der Waals surface area contributed by atoms with Gasteiger partial charge < -0.3 is 9.26 Å². The Labute approximate surface area is 144 Å². The van der Waals surface area contributed by atoms with E-state index in [0.29, 0.717) is 0 Å². The van der Waals surface area contributed by atoms with Crippen LogP contribution in [0.25, 0.3) is 11.4 Å². The number of sulfonamides is 1. The Hall–Kier alpha value is -2.54. The Bertz CT molecular complexity index is 911. The van der Waals surface area contributed by atoms with Gasteiger partial charge in [-0.25, -0.2) is 17.5 Å². The number of nitrogens with zero attached hydrogens (tertiary/aromatic N) is 2. The van der Waals surface area contributed by atoms with Gasteiger partial charge in [0.2, 0.25) is 15.8 Å². The number of carbonyl (C=O) groups excluding carboxylic acids is 1. The van der Waals surface area contributed by atoms with Crippen LogP contribution < -0.4 is 4.72 Å². The number of alkyl halides is 3. The van der Waals surface area contributed by atoms with Crippen molar-refractivity contribution in [3.63, 3.8) is 0 Å². The molecule has 1 heterocycles. The Morgan fingerprint density at radius 3 is 2.58 bits per heavy atom. The quantitative estimate of drug-likeness (QED) is 0.581. The van der Waals surface area contributed by atoms with Gasteiger partial charge in [-0.2, -0.15) is 18.2 Å². The van der Waals surface area contributed by atoms with Crippen LogP contribution in [0, 0.1) is 5.82 Å². The predicted molar refractivity (Wildman–Crippen MR) is 77.3 cm³/mol. The minimum absolute atomic E-state index is 0.0945. The van der Waals surface area contributed by atoms with Crippen LogP contribution in [-0.4, -0.2) is 37.4 Å². The maximum atomic E-state index is 14.0. The number of nitrogens with one attached hydrogen (secondary N) is 1. The summed E-state index contributed by atoms with van der Waals surface area (Å²) in [5.41, 5.74) is -0.204. The largest absolute Gasteiger partial charge is 0.471 e. The normalized spacial score (nSPS) is 12.2. The molecule has 0 aliphatic heterocycles. The molecule has 26 heavy (non-hydrogen) atoms. The fourth-order valence-electron chi connectivity index (χ4n) is 1.74. The first-order valence-corrected chi connectivity index (χ1v) is 8.41. The van der Waals surface area contributed by atoms with Gasteiger partial charge in [0.25, 0.3) is 0 Å². The highest BCUT2D eigenvalue weighted by atomic mass is 32.2. The summed E-state index contributed by atoms with van der Waals surface area (Å²) < 4.78 is 84.8. The summed E-state index contributed by atoms with van der Waals surface area (Å²) in [6, 6.07) is 3.15. The molecule has 0 bridgehead atoms. The SMILES string of the molecule is COC(=O)CS(=O)(=O)NCc1ccc(-c2noc(C(F)(F)F)n2)cc1F. The van der Waals surface area contributed by atoms with Crippen LogP contribution in [0.3, 0.4) is 0 Å². The molecule has 0 spiro atoms. The number of ether oxygens (including phenoxy) is 1. The highest BCUT2D eigenvalue weighted by molar-refractivity contribution is 7.90. The third-order valence-electron chi connectivity index (χ3n) is 3.00. The monoisotopic (exact) mass is 397 g/mol. The van der Waals surface area contributed by atoms with Crippen LogP contribution in [0.4, 0.5) is 17.6 Å². The second kappa shape index (κ2) is 7.37. The van der Waals surface area contributed by atoms with Crippen LogP contribution in [0.1, 0.15) is 11.5 Å². The smallest absolute Gasteiger partial charge is 0.468 e. The van der Waals surface area contributed by atoms with E-state index in [1.165, 1.54) is 6.07 Å². The molecule has 0 aliphatic rings. The number of benzene rings is 1. The number of halogens is 4. The van der Waals surface area contributed by atoms with Gasteiger partial charge in [0.15, 0.2) is 5.75 Å². The van der Waals surface area contributed by atoms with Crippen molar-refractivity contribution in [2.24, 2.45) is 0 Å². The Morgan fingerprint density at radius 1 is 1.35 bits per heavy atom. The molecule has 142 valence electrons. The lowest BCUT2D eigenvalue weighted by Gasteiger charge is -2.07. The zero-order chi connectivity index (χ0) is 19.5. The van der Waals surface area contributed by atoms with E-state index in [4.69, 9.17) is 0 Å². The van der Waals surface area contributed by atoms with Crippen molar-refractivity contribution < 1.29 is 40.0 Å². The Kier molecular flexibility index (Phi) is 5.61. The first-order valence-electron chi connectivity index (χ1n) is 6.75. The Morgan fingerprint density at radius 2 is 2.04 bits per heavy atom. The number of rotatable bonds is 6. The minimum atomic E-state index is -4.83. The van der Waals surface area contributed by atoms with Gasteiger partial charge in [-0.1, -0.05) is 17.3 Å². The van der Waals surface area contributed by atoms with E-state index in [9.17, 15) is 30.8 Å². The maximum absolute atomic E-state index is 14.0. The van der Waals surface area contributed by atoms with Crippen LogP contribution in [0.15, 0.2) is 22.7 Å². The molecule has 2 rings (SSSR count). The van der Waals surface area contributed by atoms with Crippen molar-refractivity contribution in [2.75, 3.05) is 12.9 Å². The third kappa shape index (κ3) is 4.98. The van der Waals surface area contributed by atoms with E-state index in [2.05, 4.69) is 19.4 Å². The summed E-state index contributed by atoms with van der Waals surface area (Å²) in [6.07, 6.45) is -4.83. The summed E-state index contributed by atoms with van der Waals surface area (Å²) in [6.45, 7) is -0.481. The van der Waals surface area contributed by atoms with Crippen LogP contribution in [-0.2, 0) is 32.3 Å². The second-order valence-electron chi connectivity index (χ2n) is 4.88. The van der Waals surface area contributed by atoms with Gasteiger partial charge >= 0.3 is 18.0 Å². The van der Waals surface area contributed by atoms with Gasteiger partial charge in [-0.05, 0) is 6.07 Å². The van der Waals surface area contributed by atoms with E-state index in [1.807, 2.05) is 4.72 Å². The van der Waals surface area contributed by atoms with E-state index in [-0.39, 0.29) is 11.1 Å². The van der Waals surface area contributed by atoms with Crippen LogP contribution in [0.5, 0.6) is 0 Å². The second-order valence-corrected chi connectivity index (χ2v) is 6.69. The lowest BCUT2D eigenvalue weighted by atomic mass is 10.1. The molecule has 0 aliphatic carbocycles. The number of hydrogen-bond donors (Lipinski definition) is 1. The van der Waals surface area contributed by atoms with Crippen molar-refractivity contribution in [1.82, 2.24) is 14.9 Å². The first-order chi connectivity index (χ1) is 12.0. The molecule has 0 radical (unpaired) electrons. The topological polar surface area (TPSA) is 111 Å².